The third-order valence-electron chi connectivity index (χ3n) is 4.33. The molecule has 0 aliphatic heterocycles. The van der Waals surface area contributed by atoms with Gasteiger partial charge in [-0.1, -0.05) is 26.7 Å². The molecule has 0 spiro atoms. The van der Waals surface area contributed by atoms with Crippen LogP contribution in [0.4, 0.5) is 0 Å². The second-order valence-corrected chi connectivity index (χ2v) is 7.20. The summed E-state index contributed by atoms with van der Waals surface area (Å²) < 4.78 is 12.1. The summed E-state index contributed by atoms with van der Waals surface area (Å²) in [6, 6.07) is 8.32. The topological polar surface area (TPSA) is 20.5 Å². The van der Waals surface area contributed by atoms with Crippen LogP contribution in [0, 0.1) is 12.8 Å². The van der Waals surface area contributed by atoms with Crippen LogP contribution in [0.1, 0.15) is 58.8 Å². The lowest BCUT2D eigenvalue weighted by atomic mass is 9.91. The molecule has 0 N–H and O–H groups in total. The average Bonchev–Trinajstić information content (AvgIpc) is 2.47. The molecule has 2 aromatic rings. The second-order valence-electron chi connectivity index (χ2n) is 7.20. The van der Waals surface area contributed by atoms with Gasteiger partial charge in [0.05, 0.1) is 23.5 Å². The quantitative estimate of drug-likeness (QED) is 0.619. The number of aryl methyl sites for hydroxylation is 1. The number of hydrogen-bond donors (Lipinski definition) is 0. The van der Waals surface area contributed by atoms with Gasteiger partial charge in [-0.25, -0.2) is 4.42 Å². The maximum absolute atomic E-state index is 6.13. The van der Waals surface area contributed by atoms with Gasteiger partial charge in [-0.05, 0) is 51.3 Å². The van der Waals surface area contributed by atoms with Crippen LogP contribution in [0.15, 0.2) is 28.7 Å². The first-order chi connectivity index (χ1) is 10.3. The normalized spacial score (nSPS) is 12.1. The minimum absolute atomic E-state index is 0.00529. The maximum Gasteiger partial charge on any atom is 0.364 e. The predicted molar refractivity (Wildman–Crippen MR) is 93.6 cm³/mol. The van der Waals surface area contributed by atoms with E-state index < -0.39 is 0 Å². The summed E-state index contributed by atoms with van der Waals surface area (Å²) in [6.07, 6.45) is 2.31. The lowest BCUT2D eigenvalue weighted by molar-refractivity contribution is 0.240. The minimum atomic E-state index is 0.00529. The number of hydrogen-bond acceptors (Lipinski definition) is 1. The molecule has 1 aromatic carbocycles. The van der Waals surface area contributed by atoms with Crippen molar-refractivity contribution >= 4 is 11.0 Å². The lowest BCUT2D eigenvalue weighted by Crippen LogP contribution is -2.11. The van der Waals surface area contributed by atoms with E-state index in [1.165, 1.54) is 5.56 Å². The Morgan fingerprint density at radius 1 is 1.09 bits per heavy atom. The highest BCUT2D eigenvalue weighted by molar-refractivity contribution is 5.81. The Balaban J connectivity index is 2.32. The second kappa shape index (κ2) is 6.68. The summed E-state index contributed by atoms with van der Waals surface area (Å²) in [5.41, 5.74) is 2.16. The van der Waals surface area contributed by atoms with Gasteiger partial charge in [-0.15, -0.1) is 0 Å². The van der Waals surface area contributed by atoms with Crippen molar-refractivity contribution in [3.8, 4) is 5.75 Å². The van der Waals surface area contributed by atoms with Crippen LogP contribution in [0.25, 0.3) is 11.0 Å². The Morgan fingerprint density at radius 2 is 1.77 bits per heavy atom. The fraction of sp³-hybridized carbons (Fsp3) is 0.550. The molecule has 0 saturated carbocycles. The van der Waals surface area contributed by atoms with Crippen LogP contribution >= 0.6 is 0 Å². The Kier molecular flexibility index (Phi) is 5.10. The molecular weight excluding hydrogens is 272 g/mol. The van der Waals surface area contributed by atoms with E-state index >= 15 is 0 Å². The summed E-state index contributed by atoms with van der Waals surface area (Å²) in [5.74, 6) is 2.53. The minimum Gasteiger partial charge on any atom is -0.493 e. The van der Waals surface area contributed by atoms with Crippen molar-refractivity contribution in [1.82, 2.24) is 0 Å². The zero-order chi connectivity index (χ0) is 16.3. The number of benzene rings is 1. The first-order valence-corrected chi connectivity index (χ1v) is 8.36. The molecule has 0 atom stereocenters. The highest BCUT2D eigenvalue weighted by Crippen LogP contribution is 2.31. The Bertz CT molecular complexity index is 634. The van der Waals surface area contributed by atoms with Crippen LogP contribution in [0.3, 0.4) is 0 Å². The van der Waals surface area contributed by atoms with Crippen LogP contribution in [-0.4, -0.2) is 6.61 Å². The van der Waals surface area contributed by atoms with E-state index in [1.54, 1.807) is 0 Å². The van der Waals surface area contributed by atoms with Gasteiger partial charge >= 0.3 is 11.3 Å². The van der Waals surface area contributed by atoms with Crippen molar-refractivity contribution in [1.29, 1.82) is 0 Å². The molecule has 2 heteroatoms. The largest absolute Gasteiger partial charge is 0.493 e. The van der Waals surface area contributed by atoms with Crippen molar-refractivity contribution in [3.63, 3.8) is 0 Å². The van der Waals surface area contributed by atoms with Crippen molar-refractivity contribution in [2.75, 3.05) is 6.61 Å². The van der Waals surface area contributed by atoms with Crippen LogP contribution in [0.2, 0.25) is 0 Å². The standard InChI is InChI=1S/C20H29O2/c1-7-15(8-2)13-21-16-9-10-17-14(3)11-19(20(4,5)6)22-18(17)12-16/h9-12,15H,7-8,13H2,1-6H3/q+1. The van der Waals surface area contributed by atoms with Crippen LogP contribution < -0.4 is 4.74 Å². The Labute approximate surface area is 134 Å². The number of rotatable bonds is 5. The molecule has 1 aromatic heterocycles. The molecule has 0 amide bonds. The third kappa shape index (κ3) is 3.79. The summed E-state index contributed by atoms with van der Waals surface area (Å²) >= 11 is 0. The monoisotopic (exact) mass is 301 g/mol. The molecule has 0 unspecified atom stereocenters. The van der Waals surface area contributed by atoms with Gasteiger partial charge in [0.2, 0.25) is 0 Å². The molecule has 120 valence electrons. The van der Waals surface area contributed by atoms with Gasteiger partial charge in [0.15, 0.2) is 0 Å². The van der Waals surface area contributed by atoms with E-state index in [-0.39, 0.29) is 5.41 Å². The van der Waals surface area contributed by atoms with E-state index in [9.17, 15) is 0 Å². The van der Waals surface area contributed by atoms with Crippen molar-refractivity contribution < 1.29 is 9.15 Å². The molecular formula is C20H29O2+. The van der Waals surface area contributed by atoms with E-state index in [0.29, 0.717) is 5.92 Å². The van der Waals surface area contributed by atoms with Gasteiger partial charge in [0.25, 0.3) is 0 Å². The van der Waals surface area contributed by atoms with E-state index in [4.69, 9.17) is 9.15 Å². The highest BCUT2D eigenvalue weighted by atomic mass is 16.5. The fourth-order valence-electron chi connectivity index (χ4n) is 2.53. The molecule has 2 rings (SSSR count). The van der Waals surface area contributed by atoms with Crippen molar-refractivity contribution in [3.05, 3.63) is 35.6 Å². The Hall–Kier alpha value is -1.57. The fourth-order valence-corrected chi connectivity index (χ4v) is 2.53. The summed E-state index contributed by atoms with van der Waals surface area (Å²) in [6.45, 7) is 13.9. The predicted octanol–water partition coefficient (Wildman–Crippen LogP) is 6.13. The Morgan fingerprint density at radius 3 is 2.36 bits per heavy atom. The first kappa shape index (κ1) is 16.8. The summed E-state index contributed by atoms with van der Waals surface area (Å²) in [5, 5.41) is 1.16. The molecule has 1 heterocycles. The zero-order valence-electron chi connectivity index (χ0n) is 14.8. The van der Waals surface area contributed by atoms with Gasteiger partial charge in [0.1, 0.15) is 5.75 Å². The van der Waals surface area contributed by atoms with Crippen molar-refractivity contribution in [2.24, 2.45) is 5.92 Å². The lowest BCUT2D eigenvalue weighted by Gasteiger charge is -2.13. The summed E-state index contributed by atoms with van der Waals surface area (Å²) in [4.78, 5) is 0. The number of fused-ring (bicyclic) bond motifs is 1. The molecule has 0 aliphatic carbocycles. The molecule has 22 heavy (non-hydrogen) atoms. The molecule has 0 saturated heterocycles. The van der Waals surface area contributed by atoms with E-state index in [0.717, 1.165) is 41.9 Å². The van der Waals surface area contributed by atoms with E-state index in [1.807, 2.05) is 12.1 Å². The van der Waals surface area contributed by atoms with E-state index in [2.05, 4.69) is 53.7 Å². The van der Waals surface area contributed by atoms with Gasteiger partial charge in [0, 0.05) is 6.07 Å². The SMILES string of the molecule is CCC(CC)COc1ccc2c(C)cc(C(C)(C)C)[o+]c2c1. The summed E-state index contributed by atoms with van der Waals surface area (Å²) in [7, 11) is 0. The average molecular weight is 301 g/mol. The van der Waals surface area contributed by atoms with Crippen LogP contribution in [-0.2, 0) is 5.41 Å². The molecule has 0 aliphatic rings. The van der Waals surface area contributed by atoms with Gasteiger partial charge < -0.3 is 4.74 Å². The maximum atomic E-state index is 6.13. The molecule has 0 fully saturated rings. The van der Waals surface area contributed by atoms with Crippen LogP contribution in [0.5, 0.6) is 5.75 Å². The molecule has 0 radical (unpaired) electrons. The zero-order valence-corrected chi connectivity index (χ0v) is 14.8. The molecule has 2 nitrogen and oxygen atoms in total. The first-order valence-electron chi connectivity index (χ1n) is 8.36. The number of ether oxygens (including phenoxy) is 1. The third-order valence-corrected chi connectivity index (χ3v) is 4.33. The smallest absolute Gasteiger partial charge is 0.364 e. The van der Waals surface area contributed by atoms with Gasteiger partial charge in [-0.2, -0.15) is 0 Å². The van der Waals surface area contributed by atoms with Gasteiger partial charge in [-0.3, -0.25) is 0 Å². The highest BCUT2D eigenvalue weighted by Gasteiger charge is 2.28. The molecule has 0 bridgehead atoms. The van der Waals surface area contributed by atoms with Crippen molar-refractivity contribution in [2.45, 2.75) is 59.8 Å².